The second-order valence-corrected chi connectivity index (χ2v) is 4.57. The molecule has 4 heteroatoms. The Labute approximate surface area is 101 Å². The minimum atomic E-state index is 0.395. The largest absolute Gasteiger partial charge is 0.354 e. The van der Waals surface area contributed by atoms with E-state index in [9.17, 15) is 0 Å². The minimum absolute atomic E-state index is 0.395. The SMILES string of the molecule is CC1CCCCN1c1cc(C#N)cc(Cl)n1. The first-order valence-electron chi connectivity index (χ1n) is 5.55. The number of aromatic nitrogens is 1. The van der Waals surface area contributed by atoms with E-state index in [1.165, 1.54) is 19.3 Å². The van der Waals surface area contributed by atoms with Crippen molar-refractivity contribution in [1.82, 2.24) is 4.98 Å². The van der Waals surface area contributed by atoms with Crippen molar-refractivity contribution in [3.8, 4) is 6.07 Å². The van der Waals surface area contributed by atoms with Crippen molar-refractivity contribution in [3.63, 3.8) is 0 Å². The fourth-order valence-corrected chi connectivity index (χ4v) is 2.34. The Hall–Kier alpha value is -1.27. The topological polar surface area (TPSA) is 39.9 Å². The van der Waals surface area contributed by atoms with E-state index in [2.05, 4.69) is 22.9 Å². The Kier molecular flexibility index (Phi) is 3.31. The van der Waals surface area contributed by atoms with E-state index in [1.807, 2.05) is 6.07 Å². The van der Waals surface area contributed by atoms with Crippen LogP contribution in [0.1, 0.15) is 31.7 Å². The maximum absolute atomic E-state index is 8.90. The zero-order valence-corrected chi connectivity index (χ0v) is 10.0. The van der Waals surface area contributed by atoms with Gasteiger partial charge in [0, 0.05) is 12.6 Å². The summed E-state index contributed by atoms with van der Waals surface area (Å²) in [7, 11) is 0. The molecule has 0 spiro atoms. The van der Waals surface area contributed by atoms with Crippen molar-refractivity contribution in [2.24, 2.45) is 0 Å². The standard InChI is InChI=1S/C12H14ClN3/c1-9-4-2-3-5-16(9)12-7-10(8-14)6-11(13)15-12/h6-7,9H,2-5H2,1H3. The van der Waals surface area contributed by atoms with Gasteiger partial charge in [0.25, 0.3) is 0 Å². The van der Waals surface area contributed by atoms with Gasteiger partial charge in [-0.25, -0.2) is 4.98 Å². The zero-order chi connectivity index (χ0) is 11.5. The lowest BCUT2D eigenvalue weighted by molar-refractivity contribution is 0.481. The number of hydrogen-bond donors (Lipinski definition) is 0. The Morgan fingerprint density at radius 1 is 1.50 bits per heavy atom. The van der Waals surface area contributed by atoms with Crippen LogP contribution in [-0.4, -0.2) is 17.6 Å². The molecule has 1 saturated heterocycles. The molecule has 84 valence electrons. The van der Waals surface area contributed by atoms with Crippen LogP contribution in [0.2, 0.25) is 5.15 Å². The smallest absolute Gasteiger partial charge is 0.132 e. The number of nitriles is 1. The highest BCUT2D eigenvalue weighted by Gasteiger charge is 2.20. The summed E-state index contributed by atoms with van der Waals surface area (Å²) in [6.45, 7) is 3.19. The number of pyridine rings is 1. The number of hydrogen-bond acceptors (Lipinski definition) is 3. The van der Waals surface area contributed by atoms with Crippen molar-refractivity contribution in [1.29, 1.82) is 5.26 Å². The maximum Gasteiger partial charge on any atom is 0.132 e. The second-order valence-electron chi connectivity index (χ2n) is 4.19. The predicted molar refractivity (Wildman–Crippen MR) is 64.6 cm³/mol. The number of nitrogens with zero attached hydrogens (tertiary/aromatic N) is 3. The zero-order valence-electron chi connectivity index (χ0n) is 9.28. The molecule has 0 N–H and O–H groups in total. The lowest BCUT2D eigenvalue weighted by atomic mass is 10.0. The molecule has 0 bridgehead atoms. The first-order chi connectivity index (χ1) is 7.70. The third kappa shape index (κ3) is 2.28. The third-order valence-corrected chi connectivity index (χ3v) is 3.20. The van der Waals surface area contributed by atoms with Gasteiger partial charge in [0.2, 0.25) is 0 Å². The quantitative estimate of drug-likeness (QED) is 0.703. The van der Waals surface area contributed by atoms with E-state index in [0.717, 1.165) is 12.4 Å². The molecule has 1 fully saturated rings. The summed E-state index contributed by atoms with van der Waals surface area (Å²) < 4.78 is 0. The summed E-state index contributed by atoms with van der Waals surface area (Å²) in [5.74, 6) is 0.830. The lowest BCUT2D eigenvalue weighted by Gasteiger charge is -2.34. The summed E-state index contributed by atoms with van der Waals surface area (Å²) in [6.07, 6.45) is 3.62. The highest BCUT2D eigenvalue weighted by atomic mass is 35.5. The van der Waals surface area contributed by atoms with Gasteiger partial charge in [0.05, 0.1) is 11.6 Å². The molecule has 0 radical (unpaired) electrons. The van der Waals surface area contributed by atoms with Gasteiger partial charge >= 0.3 is 0 Å². The van der Waals surface area contributed by atoms with Crippen LogP contribution in [0.15, 0.2) is 12.1 Å². The first-order valence-corrected chi connectivity index (χ1v) is 5.93. The number of halogens is 1. The van der Waals surface area contributed by atoms with Crippen LogP contribution >= 0.6 is 11.6 Å². The fourth-order valence-electron chi connectivity index (χ4n) is 2.13. The highest BCUT2D eigenvalue weighted by molar-refractivity contribution is 6.29. The van der Waals surface area contributed by atoms with Gasteiger partial charge in [0.15, 0.2) is 0 Å². The lowest BCUT2D eigenvalue weighted by Crippen LogP contribution is -2.38. The molecule has 1 atom stereocenters. The summed E-state index contributed by atoms with van der Waals surface area (Å²) in [5.41, 5.74) is 0.577. The molecule has 0 aromatic carbocycles. The van der Waals surface area contributed by atoms with Crippen LogP contribution in [0.25, 0.3) is 0 Å². The van der Waals surface area contributed by atoms with Gasteiger partial charge in [-0.2, -0.15) is 5.26 Å². The van der Waals surface area contributed by atoms with Gasteiger partial charge in [-0.05, 0) is 38.3 Å². The summed E-state index contributed by atoms with van der Waals surface area (Å²) >= 11 is 5.91. The fraction of sp³-hybridized carbons (Fsp3) is 0.500. The van der Waals surface area contributed by atoms with Crippen LogP contribution in [-0.2, 0) is 0 Å². The molecule has 1 aliphatic heterocycles. The number of piperidine rings is 1. The van der Waals surface area contributed by atoms with E-state index in [0.29, 0.717) is 16.8 Å². The Bertz CT molecular complexity index is 425. The van der Waals surface area contributed by atoms with Crippen LogP contribution in [0.4, 0.5) is 5.82 Å². The van der Waals surface area contributed by atoms with E-state index in [4.69, 9.17) is 16.9 Å². The monoisotopic (exact) mass is 235 g/mol. The summed E-state index contributed by atoms with van der Waals surface area (Å²) in [6, 6.07) is 6.00. The highest BCUT2D eigenvalue weighted by Crippen LogP contribution is 2.25. The van der Waals surface area contributed by atoms with E-state index in [1.54, 1.807) is 6.07 Å². The summed E-state index contributed by atoms with van der Waals surface area (Å²) in [4.78, 5) is 6.53. The third-order valence-electron chi connectivity index (χ3n) is 3.01. The van der Waals surface area contributed by atoms with Crippen LogP contribution in [0.3, 0.4) is 0 Å². The Morgan fingerprint density at radius 3 is 3.00 bits per heavy atom. The van der Waals surface area contributed by atoms with E-state index >= 15 is 0 Å². The molecule has 2 rings (SSSR count). The minimum Gasteiger partial charge on any atom is -0.354 e. The van der Waals surface area contributed by atoms with E-state index < -0.39 is 0 Å². The molecule has 1 unspecified atom stereocenters. The second kappa shape index (κ2) is 4.71. The van der Waals surface area contributed by atoms with Gasteiger partial charge < -0.3 is 4.90 Å². The van der Waals surface area contributed by atoms with E-state index in [-0.39, 0.29) is 0 Å². The van der Waals surface area contributed by atoms with Crippen LogP contribution in [0.5, 0.6) is 0 Å². The van der Waals surface area contributed by atoms with Crippen molar-refractivity contribution >= 4 is 17.4 Å². The molecule has 0 amide bonds. The molecule has 0 saturated carbocycles. The van der Waals surface area contributed by atoms with Crippen LogP contribution < -0.4 is 4.90 Å². The molecule has 1 aromatic rings. The van der Waals surface area contributed by atoms with Gasteiger partial charge in [0.1, 0.15) is 11.0 Å². The average Bonchev–Trinajstić information content (AvgIpc) is 2.28. The molecule has 0 aliphatic carbocycles. The van der Waals surface area contributed by atoms with Crippen molar-refractivity contribution < 1.29 is 0 Å². The molecule has 2 heterocycles. The van der Waals surface area contributed by atoms with Crippen LogP contribution in [0, 0.1) is 11.3 Å². The van der Waals surface area contributed by atoms with Gasteiger partial charge in [-0.15, -0.1) is 0 Å². The molecular formula is C12H14ClN3. The summed E-state index contributed by atoms with van der Waals surface area (Å²) in [5, 5.41) is 9.29. The van der Waals surface area contributed by atoms with Crippen molar-refractivity contribution in [2.75, 3.05) is 11.4 Å². The number of rotatable bonds is 1. The Balaban J connectivity index is 2.32. The van der Waals surface area contributed by atoms with Crippen molar-refractivity contribution in [2.45, 2.75) is 32.2 Å². The predicted octanol–water partition coefficient (Wildman–Crippen LogP) is 2.99. The first kappa shape index (κ1) is 11.2. The molecule has 1 aromatic heterocycles. The number of anilines is 1. The maximum atomic E-state index is 8.90. The van der Waals surface area contributed by atoms with Gasteiger partial charge in [-0.3, -0.25) is 0 Å². The van der Waals surface area contributed by atoms with Crippen molar-refractivity contribution in [3.05, 3.63) is 22.8 Å². The molecule has 16 heavy (non-hydrogen) atoms. The van der Waals surface area contributed by atoms with Gasteiger partial charge in [-0.1, -0.05) is 11.6 Å². The Morgan fingerprint density at radius 2 is 2.31 bits per heavy atom. The molecule has 3 nitrogen and oxygen atoms in total. The molecular weight excluding hydrogens is 222 g/mol. The molecule has 1 aliphatic rings. The average molecular weight is 236 g/mol. The normalized spacial score (nSPS) is 20.6.